The van der Waals surface area contributed by atoms with Gasteiger partial charge in [0.1, 0.15) is 0 Å². The van der Waals surface area contributed by atoms with Crippen LogP contribution in [0.15, 0.2) is 12.1 Å². The van der Waals surface area contributed by atoms with Crippen molar-refractivity contribution >= 4 is 0 Å². The summed E-state index contributed by atoms with van der Waals surface area (Å²) in [7, 11) is 0. The van der Waals surface area contributed by atoms with Crippen molar-refractivity contribution in [2.75, 3.05) is 0 Å². The van der Waals surface area contributed by atoms with Crippen molar-refractivity contribution in [2.24, 2.45) is 0 Å². The Kier molecular flexibility index (Phi) is 3.22. The molecular formula is C14H10F2. The van der Waals surface area contributed by atoms with E-state index in [0.717, 1.165) is 37.8 Å². The summed E-state index contributed by atoms with van der Waals surface area (Å²) < 4.78 is 26.1. The Labute approximate surface area is 93.7 Å². The van der Waals surface area contributed by atoms with Crippen LogP contribution in [0.3, 0.4) is 0 Å². The van der Waals surface area contributed by atoms with Crippen molar-refractivity contribution in [1.82, 2.24) is 0 Å². The smallest absolute Gasteiger partial charge is 0.160 e. The zero-order valence-corrected chi connectivity index (χ0v) is 8.74. The van der Waals surface area contributed by atoms with Gasteiger partial charge in [0.15, 0.2) is 11.6 Å². The second-order valence-electron chi connectivity index (χ2n) is 3.62. The molecule has 0 N–H and O–H groups in total. The molecule has 0 fully saturated rings. The van der Waals surface area contributed by atoms with Crippen LogP contribution in [-0.2, 0) is 0 Å². The second kappa shape index (κ2) is 4.81. The molecule has 1 aliphatic carbocycles. The first-order valence-corrected chi connectivity index (χ1v) is 5.24. The largest absolute Gasteiger partial charge is 0.204 e. The zero-order valence-electron chi connectivity index (χ0n) is 8.74. The van der Waals surface area contributed by atoms with Gasteiger partial charge < -0.3 is 0 Å². The Bertz CT molecular complexity index is 472. The average molecular weight is 216 g/mol. The van der Waals surface area contributed by atoms with Crippen LogP contribution in [0, 0.1) is 35.3 Å². The maximum atomic E-state index is 13.0. The summed E-state index contributed by atoms with van der Waals surface area (Å²) >= 11 is 0. The van der Waals surface area contributed by atoms with Crippen LogP contribution in [0.4, 0.5) is 8.78 Å². The molecule has 0 heterocycles. The third-order valence-corrected chi connectivity index (χ3v) is 2.36. The predicted octanol–water partition coefficient (Wildman–Crippen LogP) is 3.24. The maximum absolute atomic E-state index is 13.0. The summed E-state index contributed by atoms with van der Waals surface area (Å²) in [6.45, 7) is 0. The van der Waals surface area contributed by atoms with Gasteiger partial charge in [-0.15, -0.1) is 0 Å². The van der Waals surface area contributed by atoms with Gasteiger partial charge in [0.05, 0.1) is 0 Å². The molecule has 80 valence electrons. The lowest BCUT2D eigenvalue weighted by atomic mass is 10.1. The first kappa shape index (κ1) is 10.7. The van der Waals surface area contributed by atoms with Crippen molar-refractivity contribution in [3.8, 4) is 23.7 Å². The molecule has 0 atom stereocenters. The highest BCUT2D eigenvalue weighted by Gasteiger charge is 2.06. The predicted molar refractivity (Wildman–Crippen MR) is 58.6 cm³/mol. The van der Waals surface area contributed by atoms with Gasteiger partial charge in [-0.3, -0.25) is 0 Å². The number of benzene rings is 1. The third-order valence-electron chi connectivity index (χ3n) is 2.36. The molecule has 2 rings (SSSR count). The monoisotopic (exact) mass is 216 g/mol. The fourth-order valence-corrected chi connectivity index (χ4v) is 1.50. The molecule has 0 saturated carbocycles. The molecule has 1 aromatic rings. The van der Waals surface area contributed by atoms with Gasteiger partial charge in [0.2, 0.25) is 0 Å². The van der Waals surface area contributed by atoms with Gasteiger partial charge in [-0.05, 0) is 25.0 Å². The molecule has 0 aliphatic heterocycles. The Morgan fingerprint density at radius 3 is 1.69 bits per heavy atom. The minimum absolute atomic E-state index is 0.480. The summed E-state index contributed by atoms with van der Waals surface area (Å²) in [5, 5.41) is 0. The summed E-state index contributed by atoms with van der Waals surface area (Å²) in [5.41, 5.74) is 0.960. The van der Waals surface area contributed by atoms with E-state index >= 15 is 0 Å². The van der Waals surface area contributed by atoms with Crippen molar-refractivity contribution in [3.05, 3.63) is 34.9 Å². The van der Waals surface area contributed by atoms with E-state index in [1.807, 2.05) is 0 Å². The minimum atomic E-state index is -0.869. The van der Waals surface area contributed by atoms with Crippen LogP contribution in [0.2, 0.25) is 0 Å². The molecule has 0 bridgehead atoms. The molecule has 0 radical (unpaired) electrons. The molecule has 0 saturated heterocycles. The van der Waals surface area contributed by atoms with E-state index in [9.17, 15) is 8.78 Å². The topological polar surface area (TPSA) is 0 Å². The molecule has 0 amide bonds. The highest BCUT2D eigenvalue weighted by Crippen LogP contribution is 2.14. The van der Waals surface area contributed by atoms with Gasteiger partial charge in [0, 0.05) is 24.0 Å². The molecule has 1 aromatic carbocycles. The molecule has 16 heavy (non-hydrogen) atoms. The van der Waals surface area contributed by atoms with Crippen LogP contribution in [0.1, 0.15) is 36.8 Å². The van der Waals surface area contributed by atoms with Gasteiger partial charge in [-0.2, -0.15) is 0 Å². The first-order chi connectivity index (χ1) is 7.77. The highest BCUT2D eigenvalue weighted by molar-refractivity contribution is 5.50. The molecule has 2 heteroatoms. The van der Waals surface area contributed by atoms with E-state index in [4.69, 9.17) is 0 Å². The lowest BCUT2D eigenvalue weighted by Gasteiger charge is -2.00. The Hall–Kier alpha value is -1.80. The quantitative estimate of drug-likeness (QED) is 0.584. The van der Waals surface area contributed by atoms with E-state index in [1.54, 1.807) is 0 Å². The number of hydrogen-bond acceptors (Lipinski definition) is 0. The summed E-state index contributed by atoms with van der Waals surface area (Å²) in [5.74, 6) is 9.85. The lowest BCUT2D eigenvalue weighted by molar-refractivity contribution is 0.508. The summed E-state index contributed by atoms with van der Waals surface area (Å²) in [4.78, 5) is 0. The van der Waals surface area contributed by atoms with Crippen molar-refractivity contribution < 1.29 is 8.78 Å². The molecule has 1 aliphatic rings. The van der Waals surface area contributed by atoms with Crippen LogP contribution in [0.25, 0.3) is 0 Å². The van der Waals surface area contributed by atoms with Crippen LogP contribution in [0.5, 0.6) is 0 Å². The standard InChI is InChI=1S/C14H10F2/c15-13-9-11-7-5-3-1-2-4-6-8-12(11)10-14(13)16/h9-10H,1-4H2. The van der Waals surface area contributed by atoms with E-state index in [2.05, 4.69) is 23.7 Å². The van der Waals surface area contributed by atoms with E-state index < -0.39 is 11.6 Å². The highest BCUT2D eigenvalue weighted by atomic mass is 19.2. The van der Waals surface area contributed by atoms with Crippen molar-refractivity contribution in [1.29, 1.82) is 0 Å². The summed E-state index contributed by atoms with van der Waals surface area (Å²) in [6, 6.07) is 2.24. The van der Waals surface area contributed by atoms with Crippen LogP contribution >= 0.6 is 0 Å². The molecule has 0 spiro atoms. The van der Waals surface area contributed by atoms with Crippen LogP contribution in [-0.4, -0.2) is 0 Å². The molecule has 0 nitrogen and oxygen atoms in total. The first-order valence-electron chi connectivity index (χ1n) is 5.24. The maximum Gasteiger partial charge on any atom is 0.160 e. The minimum Gasteiger partial charge on any atom is -0.204 e. The second-order valence-corrected chi connectivity index (χ2v) is 3.62. The average Bonchev–Trinajstić information content (AvgIpc) is 2.28. The van der Waals surface area contributed by atoms with Gasteiger partial charge in [-0.25, -0.2) is 8.78 Å². The van der Waals surface area contributed by atoms with E-state index in [0.29, 0.717) is 11.1 Å². The third kappa shape index (κ3) is 2.41. The van der Waals surface area contributed by atoms with E-state index in [-0.39, 0.29) is 0 Å². The number of halogens is 2. The zero-order chi connectivity index (χ0) is 11.4. The normalized spacial score (nSPS) is 13.9. The van der Waals surface area contributed by atoms with Gasteiger partial charge in [0.25, 0.3) is 0 Å². The van der Waals surface area contributed by atoms with Crippen molar-refractivity contribution in [2.45, 2.75) is 25.7 Å². The molecule has 0 unspecified atom stereocenters. The number of hydrogen-bond donors (Lipinski definition) is 0. The number of fused-ring (bicyclic) bond motifs is 1. The summed E-state index contributed by atoms with van der Waals surface area (Å²) in [6.07, 6.45) is 3.56. The molecular weight excluding hydrogens is 206 g/mol. The SMILES string of the molecule is Fc1cc2c(cc1F)C#CCCCCC#C2. The lowest BCUT2D eigenvalue weighted by Crippen LogP contribution is -1.92. The Morgan fingerprint density at radius 2 is 1.25 bits per heavy atom. The van der Waals surface area contributed by atoms with Crippen molar-refractivity contribution in [3.63, 3.8) is 0 Å². The fourth-order valence-electron chi connectivity index (χ4n) is 1.50. The molecule has 0 aromatic heterocycles. The van der Waals surface area contributed by atoms with E-state index in [1.165, 1.54) is 0 Å². The van der Waals surface area contributed by atoms with Crippen LogP contribution < -0.4 is 0 Å². The van der Waals surface area contributed by atoms with Gasteiger partial charge >= 0.3 is 0 Å². The Balaban J connectivity index is 2.51. The fraction of sp³-hybridized carbons (Fsp3) is 0.286. The Morgan fingerprint density at radius 1 is 0.812 bits per heavy atom. The number of rotatable bonds is 0. The van der Waals surface area contributed by atoms with Gasteiger partial charge in [-0.1, -0.05) is 23.7 Å².